The fraction of sp³-hybridized carbons (Fsp3) is 0.300. The molecule has 1 aromatic heterocycles. The molecular weight excluding hydrogens is 226 g/mol. The Balaban J connectivity index is 1.94. The average Bonchev–Trinajstić information content (AvgIpc) is 2.76. The van der Waals surface area contributed by atoms with Gasteiger partial charge in [0.2, 0.25) is 0 Å². The summed E-state index contributed by atoms with van der Waals surface area (Å²) in [6, 6.07) is 7.63. The highest BCUT2D eigenvalue weighted by molar-refractivity contribution is 6.30. The molecule has 0 aliphatic heterocycles. The van der Waals surface area contributed by atoms with E-state index < -0.39 is 0 Å². The molecule has 2 aromatic rings. The zero-order valence-corrected chi connectivity index (χ0v) is 9.65. The topological polar surface area (TPSA) is 55.6 Å². The summed E-state index contributed by atoms with van der Waals surface area (Å²) in [5, 5.41) is 15.7. The molecule has 0 amide bonds. The Labute approximate surface area is 98.4 Å². The summed E-state index contributed by atoms with van der Waals surface area (Å²) in [5.74, 6) is 0.539. The van der Waals surface area contributed by atoms with Crippen LogP contribution in [0.2, 0.25) is 5.02 Å². The van der Waals surface area contributed by atoms with Gasteiger partial charge in [0.25, 0.3) is 5.95 Å². The van der Waals surface area contributed by atoms with E-state index in [-0.39, 0.29) is 0 Å². The Hall–Kier alpha value is -1.62. The summed E-state index contributed by atoms with van der Waals surface area (Å²) in [6.45, 7) is 3.34. The van der Waals surface area contributed by atoms with Gasteiger partial charge < -0.3 is 5.32 Å². The number of hydrogen-bond donors (Lipinski definition) is 1. The van der Waals surface area contributed by atoms with Crippen molar-refractivity contribution in [3.05, 3.63) is 34.9 Å². The Morgan fingerprint density at radius 3 is 2.69 bits per heavy atom. The molecule has 6 heteroatoms. The van der Waals surface area contributed by atoms with Gasteiger partial charge in [-0.2, -0.15) is 4.80 Å². The van der Waals surface area contributed by atoms with Crippen molar-refractivity contribution in [1.82, 2.24) is 20.2 Å². The normalized spacial score (nSPS) is 10.4. The first kappa shape index (κ1) is 10.9. The second kappa shape index (κ2) is 4.94. The van der Waals surface area contributed by atoms with Crippen LogP contribution in [0.25, 0.3) is 0 Å². The highest BCUT2D eigenvalue weighted by Gasteiger charge is 2.00. The van der Waals surface area contributed by atoms with E-state index in [0.29, 0.717) is 12.5 Å². The lowest BCUT2D eigenvalue weighted by Crippen LogP contribution is -2.02. The van der Waals surface area contributed by atoms with Crippen LogP contribution in [0.15, 0.2) is 24.3 Å². The summed E-state index contributed by atoms with van der Waals surface area (Å²) in [6.07, 6.45) is 0. The third-order valence-electron chi connectivity index (χ3n) is 2.10. The average molecular weight is 238 g/mol. The quantitative estimate of drug-likeness (QED) is 0.883. The van der Waals surface area contributed by atoms with Gasteiger partial charge >= 0.3 is 0 Å². The molecule has 0 atom stereocenters. The van der Waals surface area contributed by atoms with Crippen LogP contribution in [0.4, 0.5) is 5.95 Å². The zero-order valence-electron chi connectivity index (χ0n) is 8.89. The summed E-state index contributed by atoms with van der Waals surface area (Å²) in [4.78, 5) is 1.53. The predicted molar refractivity (Wildman–Crippen MR) is 62.3 cm³/mol. The van der Waals surface area contributed by atoms with Crippen LogP contribution in [0, 0.1) is 0 Å². The van der Waals surface area contributed by atoms with Crippen molar-refractivity contribution in [1.29, 1.82) is 0 Å². The van der Waals surface area contributed by atoms with Crippen LogP contribution in [0.3, 0.4) is 0 Å². The fourth-order valence-corrected chi connectivity index (χ4v) is 1.36. The minimum atomic E-state index is 0.539. The van der Waals surface area contributed by atoms with Gasteiger partial charge in [-0.05, 0) is 29.8 Å². The van der Waals surface area contributed by atoms with E-state index in [0.717, 1.165) is 17.1 Å². The standard InChI is InChI=1S/C10H12ClN5/c1-2-16-14-10(13-15-16)12-7-8-3-5-9(11)6-4-8/h3-6H,2,7H2,1H3,(H,12,14). The lowest BCUT2D eigenvalue weighted by atomic mass is 10.2. The van der Waals surface area contributed by atoms with Gasteiger partial charge in [-0.25, -0.2) is 0 Å². The van der Waals surface area contributed by atoms with Crippen molar-refractivity contribution < 1.29 is 0 Å². The third-order valence-corrected chi connectivity index (χ3v) is 2.35. The number of rotatable bonds is 4. The predicted octanol–water partition coefficient (Wildman–Crippen LogP) is 1.96. The van der Waals surface area contributed by atoms with Crippen molar-refractivity contribution in [2.75, 3.05) is 5.32 Å². The lowest BCUT2D eigenvalue weighted by molar-refractivity contribution is 0.552. The first-order valence-corrected chi connectivity index (χ1v) is 5.42. The van der Waals surface area contributed by atoms with Gasteiger partial charge in [0.1, 0.15) is 0 Å². The van der Waals surface area contributed by atoms with Gasteiger partial charge in [-0.15, -0.1) is 5.10 Å². The maximum absolute atomic E-state index is 5.79. The molecule has 84 valence electrons. The summed E-state index contributed by atoms with van der Waals surface area (Å²) >= 11 is 5.79. The van der Waals surface area contributed by atoms with Crippen molar-refractivity contribution >= 4 is 17.5 Å². The molecule has 1 N–H and O–H groups in total. The second-order valence-corrected chi connectivity index (χ2v) is 3.72. The van der Waals surface area contributed by atoms with Crippen LogP contribution >= 0.6 is 11.6 Å². The first-order chi connectivity index (χ1) is 7.78. The third kappa shape index (κ3) is 2.70. The molecule has 0 bridgehead atoms. The van der Waals surface area contributed by atoms with E-state index in [1.165, 1.54) is 4.80 Å². The molecule has 1 aromatic carbocycles. The number of nitrogens with one attached hydrogen (secondary N) is 1. The molecule has 1 heterocycles. The first-order valence-electron chi connectivity index (χ1n) is 5.04. The van der Waals surface area contributed by atoms with E-state index in [4.69, 9.17) is 11.6 Å². The molecular formula is C10H12ClN5. The zero-order chi connectivity index (χ0) is 11.4. The molecule has 0 saturated heterocycles. The molecule has 0 aliphatic carbocycles. The van der Waals surface area contributed by atoms with E-state index in [1.807, 2.05) is 31.2 Å². The highest BCUT2D eigenvalue weighted by atomic mass is 35.5. The Kier molecular flexibility index (Phi) is 3.36. The van der Waals surface area contributed by atoms with Gasteiger partial charge in [0.15, 0.2) is 0 Å². The molecule has 0 saturated carbocycles. The monoisotopic (exact) mass is 237 g/mol. The smallest absolute Gasteiger partial charge is 0.263 e. The minimum absolute atomic E-state index is 0.539. The summed E-state index contributed by atoms with van der Waals surface area (Å²) < 4.78 is 0. The summed E-state index contributed by atoms with van der Waals surface area (Å²) in [7, 11) is 0. The van der Waals surface area contributed by atoms with Crippen LogP contribution in [0.1, 0.15) is 12.5 Å². The van der Waals surface area contributed by atoms with Crippen LogP contribution in [-0.4, -0.2) is 20.2 Å². The number of anilines is 1. The number of tetrazole rings is 1. The molecule has 5 nitrogen and oxygen atoms in total. The van der Waals surface area contributed by atoms with Gasteiger partial charge in [-0.1, -0.05) is 28.8 Å². The van der Waals surface area contributed by atoms with Crippen LogP contribution in [-0.2, 0) is 13.1 Å². The number of hydrogen-bond acceptors (Lipinski definition) is 4. The number of aromatic nitrogens is 4. The number of aryl methyl sites for hydroxylation is 1. The molecule has 0 unspecified atom stereocenters. The van der Waals surface area contributed by atoms with E-state index >= 15 is 0 Å². The summed E-state index contributed by atoms with van der Waals surface area (Å²) in [5.41, 5.74) is 1.12. The number of nitrogens with zero attached hydrogens (tertiary/aromatic N) is 4. The van der Waals surface area contributed by atoms with Gasteiger partial charge in [0, 0.05) is 11.6 Å². The SMILES string of the molecule is CCn1nnc(NCc2ccc(Cl)cc2)n1. The maximum Gasteiger partial charge on any atom is 0.263 e. The minimum Gasteiger partial charge on any atom is -0.348 e. The van der Waals surface area contributed by atoms with E-state index in [1.54, 1.807) is 0 Å². The number of halogens is 1. The molecule has 0 aliphatic rings. The van der Waals surface area contributed by atoms with E-state index in [9.17, 15) is 0 Å². The molecule has 2 rings (SSSR count). The molecule has 0 fully saturated rings. The van der Waals surface area contributed by atoms with Crippen LogP contribution in [0.5, 0.6) is 0 Å². The number of benzene rings is 1. The fourth-order valence-electron chi connectivity index (χ4n) is 1.23. The van der Waals surface area contributed by atoms with Crippen LogP contribution < -0.4 is 5.32 Å². The van der Waals surface area contributed by atoms with Crippen molar-refractivity contribution in [2.24, 2.45) is 0 Å². The van der Waals surface area contributed by atoms with Gasteiger partial charge in [0.05, 0.1) is 6.54 Å². The van der Waals surface area contributed by atoms with Crippen molar-refractivity contribution in [2.45, 2.75) is 20.0 Å². The molecule has 16 heavy (non-hydrogen) atoms. The van der Waals surface area contributed by atoms with Gasteiger partial charge in [-0.3, -0.25) is 0 Å². The Morgan fingerprint density at radius 1 is 1.31 bits per heavy atom. The molecule has 0 radical (unpaired) electrons. The Bertz CT molecular complexity index is 450. The largest absolute Gasteiger partial charge is 0.348 e. The highest BCUT2D eigenvalue weighted by Crippen LogP contribution is 2.10. The lowest BCUT2D eigenvalue weighted by Gasteiger charge is -2.01. The van der Waals surface area contributed by atoms with E-state index in [2.05, 4.69) is 20.7 Å². The van der Waals surface area contributed by atoms with Crippen molar-refractivity contribution in [3.63, 3.8) is 0 Å². The van der Waals surface area contributed by atoms with Crippen molar-refractivity contribution in [3.8, 4) is 0 Å². The Morgan fingerprint density at radius 2 is 2.06 bits per heavy atom. The second-order valence-electron chi connectivity index (χ2n) is 3.28. The maximum atomic E-state index is 5.79. The molecule has 0 spiro atoms.